The second-order valence-electron chi connectivity index (χ2n) is 6.27. The maximum atomic E-state index is 6.28. The van der Waals surface area contributed by atoms with E-state index in [-0.39, 0.29) is 5.54 Å². The van der Waals surface area contributed by atoms with Crippen LogP contribution in [0.15, 0.2) is 6.20 Å². The van der Waals surface area contributed by atoms with Gasteiger partial charge in [0.25, 0.3) is 0 Å². The molecule has 0 bridgehead atoms. The number of halogens is 1. The quantitative estimate of drug-likeness (QED) is 0.908. The molecular formula is C14H24ClN3. The SMILES string of the molecule is CCn1ncc(Cl)c1C1CCC1CNC(C)(C)C. The van der Waals surface area contributed by atoms with Crippen molar-refractivity contribution in [3.05, 3.63) is 16.9 Å². The zero-order valence-corrected chi connectivity index (χ0v) is 12.6. The third-order valence-corrected chi connectivity index (χ3v) is 4.09. The number of aromatic nitrogens is 2. The van der Waals surface area contributed by atoms with Crippen LogP contribution in [0.4, 0.5) is 0 Å². The molecule has 0 aliphatic heterocycles. The average molecular weight is 270 g/mol. The molecule has 0 radical (unpaired) electrons. The molecule has 1 aromatic heterocycles. The van der Waals surface area contributed by atoms with Crippen LogP contribution in [0.5, 0.6) is 0 Å². The second kappa shape index (κ2) is 5.22. The molecule has 0 aromatic carbocycles. The minimum atomic E-state index is 0.189. The highest BCUT2D eigenvalue weighted by Crippen LogP contribution is 2.44. The molecule has 1 heterocycles. The highest BCUT2D eigenvalue weighted by molar-refractivity contribution is 6.31. The first-order valence-electron chi connectivity index (χ1n) is 6.88. The van der Waals surface area contributed by atoms with E-state index in [1.807, 2.05) is 0 Å². The number of nitrogens with one attached hydrogen (secondary N) is 1. The summed E-state index contributed by atoms with van der Waals surface area (Å²) in [6.07, 6.45) is 4.31. The van der Waals surface area contributed by atoms with Crippen LogP contribution in [0.2, 0.25) is 5.02 Å². The summed E-state index contributed by atoms with van der Waals surface area (Å²) in [5, 5.41) is 8.78. The number of nitrogens with zero attached hydrogens (tertiary/aromatic N) is 2. The Bertz CT molecular complexity index is 406. The summed E-state index contributed by atoms with van der Waals surface area (Å²) in [6, 6.07) is 0. The Kier molecular flexibility index (Phi) is 4.02. The van der Waals surface area contributed by atoms with Crippen LogP contribution in [0, 0.1) is 5.92 Å². The third-order valence-electron chi connectivity index (χ3n) is 3.80. The van der Waals surface area contributed by atoms with Gasteiger partial charge in [0, 0.05) is 18.0 Å². The van der Waals surface area contributed by atoms with Crippen molar-refractivity contribution in [3.8, 4) is 0 Å². The van der Waals surface area contributed by atoms with Crippen LogP contribution < -0.4 is 5.32 Å². The van der Waals surface area contributed by atoms with Gasteiger partial charge < -0.3 is 5.32 Å². The lowest BCUT2D eigenvalue weighted by Gasteiger charge is -2.39. The molecule has 1 N–H and O–H groups in total. The van der Waals surface area contributed by atoms with Gasteiger partial charge >= 0.3 is 0 Å². The van der Waals surface area contributed by atoms with E-state index in [9.17, 15) is 0 Å². The van der Waals surface area contributed by atoms with E-state index in [2.05, 4.69) is 42.8 Å². The summed E-state index contributed by atoms with van der Waals surface area (Å²) in [6.45, 7) is 10.7. The summed E-state index contributed by atoms with van der Waals surface area (Å²) >= 11 is 6.28. The van der Waals surface area contributed by atoms with Crippen LogP contribution in [-0.2, 0) is 6.54 Å². The molecule has 2 atom stereocenters. The molecule has 2 unspecified atom stereocenters. The molecule has 0 saturated heterocycles. The molecular weight excluding hydrogens is 246 g/mol. The van der Waals surface area contributed by atoms with Crippen LogP contribution in [0.3, 0.4) is 0 Å². The standard InChI is InChI=1S/C14H24ClN3/c1-5-18-13(12(15)9-17-18)11-7-6-10(11)8-16-14(2,3)4/h9-11,16H,5-8H2,1-4H3. The van der Waals surface area contributed by atoms with E-state index in [1.165, 1.54) is 18.5 Å². The monoisotopic (exact) mass is 269 g/mol. The Labute approximate surface area is 115 Å². The van der Waals surface area contributed by atoms with Crippen molar-refractivity contribution < 1.29 is 0 Å². The summed E-state index contributed by atoms with van der Waals surface area (Å²) in [7, 11) is 0. The maximum Gasteiger partial charge on any atom is 0.0820 e. The Morgan fingerprint density at radius 1 is 1.44 bits per heavy atom. The minimum Gasteiger partial charge on any atom is -0.312 e. The highest BCUT2D eigenvalue weighted by Gasteiger charge is 2.36. The number of aryl methyl sites for hydroxylation is 1. The Morgan fingerprint density at radius 2 is 2.17 bits per heavy atom. The average Bonchev–Trinajstić information content (AvgIpc) is 2.58. The number of hydrogen-bond donors (Lipinski definition) is 1. The van der Waals surface area contributed by atoms with Crippen molar-refractivity contribution in [2.45, 2.75) is 58.5 Å². The summed E-state index contributed by atoms with van der Waals surface area (Å²) < 4.78 is 2.05. The zero-order chi connectivity index (χ0) is 13.3. The van der Waals surface area contributed by atoms with E-state index >= 15 is 0 Å². The number of hydrogen-bond acceptors (Lipinski definition) is 2. The van der Waals surface area contributed by atoms with Gasteiger partial charge in [0.1, 0.15) is 0 Å². The topological polar surface area (TPSA) is 29.9 Å². The lowest BCUT2D eigenvalue weighted by molar-refractivity contribution is 0.216. The smallest absolute Gasteiger partial charge is 0.0820 e. The molecule has 0 spiro atoms. The first-order valence-corrected chi connectivity index (χ1v) is 7.26. The van der Waals surface area contributed by atoms with Gasteiger partial charge in [0.2, 0.25) is 0 Å². The van der Waals surface area contributed by atoms with Crippen molar-refractivity contribution in [1.82, 2.24) is 15.1 Å². The van der Waals surface area contributed by atoms with Crippen LogP contribution in [0.1, 0.15) is 52.1 Å². The molecule has 1 saturated carbocycles. The third kappa shape index (κ3) is 2.89. The molecule has 1 fully saturated rings. The van der Waals surface area contributed by atoms with Crippen molar-refractivity contribution in [2.24, 2.45) is 5.92 Å². The van der Waals surface area contributed by atoms with Crippen molar-refractivity contribution in [3.63, 3.8) is 0 Å². The van der Waals surface area contributed by atoms with E-state index < -0.39 is 0 Å². The molecule has 102 valence electrons. The fourth-order valence-electron chi connectivity index (χ4n) is 2.60. The first-order chi connectivity index (χ1) is 8.42. The lowest BCUT2D eigenvalue weighted by Crippen LogP contribution is -2.43. The van der Waals surface area contributed by atoms with Crippen molar-refractivity contribution in [1.29, 1.82) is 0 Å². The lowest BCUT2D eigenvalue weighted by atomic mass is 9.71. The Morgan fingerprint density at radius 3 is 2.67 bits per heavy atom. The minimum absolute atomic E-state index is 0.189. The van der Waals surface area contributed by atoms with Gasteiger partial charge in [-0.25, -0.2) is 0 Å². The highest BCUT2D eigenvalue weighted by atomic mass is 35.5. The van der Waals surface area contributed by atoms with E-state index in [0.29, 0.717) is 11.8 Å². The summed E-state index contributed by atoms with van der Waals surface area (Å²) in [5.74, 6) is 1.28. The summed E-state index contributed by atoms with van der Waals surface area (Å²) in [5.41, 5.74) is 1.43. The van der Waals surface area contributed by atoms with Crippen molar-refractivity contribution in [2.75, 3.05) is 6.54 Å². The number of rotatable bonds is 4. The van der Waals surface area contributed by atoms with Gasteiger partial charge in [0.05, 0.1) is 16.9 Å². The van der Waals surface area contributed by atoms with Gasteiger partial charge in [-0.15, -0.1) is 0 Å². The van der Waals surface area contributed by atoms with Gasteiger partial charge in [-0.2, -0.15) is 5.10 Å². The predicted octanol–water partition coefficient (Wildman–Crippen LogP) is 3.44. The summed E-state index contributed by atoms with van der Waals surface area (Å²) in [4.78, 5) is 0. The fraction of sp³-hybridized carbons (Fsp3) is 0.786. The van der Waals surface area contributed by atoms with Gasteiger partial charge in [-0.3, -0.25) is 4.68 Å². The zero-order valence-electron chi connectivity index (χ0n) is 11.8. The molecule has 2 rings (SSSR count). The molecule has 0 amide bonds. The van der Waals surface area contributed by atoms with Gasteiger partial charge in [-0.05, 0) is 53.0 Å². The van der Waals surface area contributed by atoms with E-state index in [0.717, 1.165) is 18.1 Å². The fourth-order valence-corrected chi connectivity index (χ4v) is 2.88. The predicted molar refractivity (Wildman–Crippen MR) is 76.1 cm³/mol. The Balaban J connectivity index is 2.03. The van der Waals surface area contributed by atoms with Gasteiger partial charge in [0.15, 0.2) is 0 Å². The largest absolute Gasteiger partial charge is 0.312 e. The maximum absolute atomic E-state index is 6.28. The van der Waals surface area contributed by atoms with Crippen LogP contribution >= 0.6 is 11.6 Å². The molecule has 1 aromatic rings. The van der Waals surface area contributed by atoms with Crippen LogP contribution in [0.25, 0.3) is 0 Å². The second-order valence-corrected chi connectivity index (χ2v) is 6.68. The molecule has 4 heteroatoms. The first kappa shape index (κ1) is 13.9. The Hall–Kier alpha value is -0.540. The molecule has 18 heavy (non-hydrogen) atoms. The van der Waals surface area contributed by atoms with Crippen molar-refractivity contribution >= 4 is 11.6 Å². The van der Waals surface area contributed by atoms with Crippen LogP contribution in [-0.4, -0.2) is 21.9 Å². The normalized spacial score (nSPS) is 24.1. The van der Waals surface area contributed by atoms with E-state index in [4.69, 9.17) is 11.6 Å². The molecule has 3 nitrogen and oxygen atoms in total. The van der Waals surface area contributed by atoms with E-state index in [1.54, 1.807) is 6.20 Å². The molecule has 1 aliphatic rings. The van der Waals surface area contributed by atoms with Gasteiger partial charge in [-0.1, -0.05) is 11.6 Å². The molecule has 1 aliphatic carbocycles.